The Hall–Kier alpha value is -1.35. The fourth-order valence-electron chi connectivity index (χ4n) is 2.16. The van der Waals surface area contributed by atoms with Crippen molar-refractivity contribution in [3.63, 3.8) is 0 Å². The van der Waals surface area contributed by atoms with Crippen molar-refractivity contribution in [1.29, 1.82) is 0 Å². The van der Waals surface area contributed by atoms with Crippen LogP contribution in [0.5, 0.6) is 0 Å². The molecule has 0 radical (unpaired) electrons. The van der Waals surface area contributed by atoms with E-state index in [1.807, 2.05) is 0 Å². The lowest BCUT2D eigenvalue weighted by Gasteiger charge is -2.34. The summed E-state index contributed by atoms with van der Waals surface area (Å²) < 4.78 is 18.8. The maximum Gasteiger partial charge on any atom is 0.263 e. The Labute approximate surface area is 107 Å². The smallest absolute Gasteiger partial charge is 0.263 e. The molecule has 0 aromatic rings. The van der Waals surface area contributed by atoms with Crippen molar-refractivity contribution < 1.29 is 34.0 Å². The van der Waals surface area contributed by atoms with Gasteiger partial charge in [0.25, 0.3) is 5.85 Å². The molecule has 0 saturated carbocycles. The number of aliphatic hydroxyl groups excluding tert-OH is 2. The Morgan fingerprint density at radius 2 is 2.21 bits per heavy atom. The molecule has 2 aliphatic heterocycles. The van der Waals surface area contributed by atoms with Crippen LogP contribution in [0.2, 0.25) is 0 Å². The summed E-state index contributed by atoms with van der Waals surface area (Å²) in [6.45, 7) is -0.0949. The first-order chi connectivity index (χ1) is 8.72. The van der Waals surface area contributed by atoms with E-state index in [-0.39, 0.29) is 0 Å². The Morgan fingerprint density at radius 1 is 1.58 bits per heavy atom. The molecule has 106 valence electrons. The van der Waals surface area contributed by atoms with Crippen LogP contribution in [0.25, 0.3) is 0 Å². The number of rotatable bonds is 2. The highest BCUT2D eigenvalue weighted by molar-refractivity contribution is 6.06. The molecular weight excluding hydrogens is 261 g/mol. The van der Waals surface area contributed by atoms with Gasteiger partial charge in [0.2, 0.25) is 5.91 Å². The van der Waals surface area contributed by atoms with Crippen LogP contribution in [0, 0.1) is 0 Å². The minimum absolute atomic E-state index is 0.423. The van der Waals surface area contributed by atoms with E-state index >= 15 is 0 Å². The largest absolute Gasteiger partial charge is 0.390 e. The third kappa shape index (κ3) is 2.06. The third-order valence-corrected chi connectivity index (χ3v) is 3.27. The zero-order chi connectivity index (χ0) is 14.4. The van der Waals surface area contributed by atoms with Gasteiger partial charge >= 0.3 is 0 Å². The van der Waals surface area contributed by atoms with Gasteiger partial charge in [-0.25, -0.2) is 4.39 Å². The molecule has 19 heavy (non-hydrogen) atoms. The van der Waals surface area contributed by atoms with Gasteiger partial charge in [0.05, 0.1) is 6.42 Å². The van der Waals surface area contributed by atoms with E-state index in [1.165, 1.54) is 0 Å². The second kappa shape index (κ2) is 4.34. The van der Waals surface area contributed by atoms with Gasteiger partial charge in [-0.05, 0) is 13.0 Å². The van der Waals surface area contributed by atoms with Crippen molar-refractivity contribution in [3.8, 4) is 0 Å². The summed E-state index contributed by atoms with van der Waals surface area (Å²) in [6, 6.07) is 0. The number of nitrogens with zero attached hydrogens (tertiary/aromatic N) is 1. The van der Waals surface area contributed by atoms with Gasteiger partial charge in [0, 0.05) is 6.20 Å². The summed E-state index contributed by atoms with van der Waals surface area (Å²) in [5.41, 5.74) is -2.13. The number of ketones is 1. The van der Waals surface area contributed by atoms with Crippen LogP contribution in [0.4, 0.5) is 4.39 Å². The normalized spacial score (nSPS) is 43.1. The SMILES string of the molecule is C[C@]1(O)[C@H](N2C=CC(=O)CC2=O)O[C@](F)(CO)[C@H]1O. The number of hydrogen-bond acceptors (Lipinski definition) is 6. The number of amides is 1. The van der Waals surface area contributed by atoms with E-state index in [4.69, 9.17) is 9.84 Å². The summed E-state index contributed by atoms with van der Waals surface area (Å²) in [6.07, 6.45) is -1.85. The highest BCUT2D eigenvalue weighted by atomic mass is 19.2. The molecule has 8 heteroatoms. The Morgan fingerprint density at radius 3 is 2.68 bits per heavy atom. The number of halogens is 1. The van der Waals surface area contributed by atoms with Gasteiger partial charge < -0.3 is 20.1 Å². The molecule has 2 heterocycles. The van der Waals surface area contributed by atoms with E-state index in [0.29, 0.717) is 0 Å². The van der Waals surface area contributed by atoms with Crippen LogP contribution in [0.15, 0.2) is 12.3 Å². The second-order valence-electron chi connectivity index (χ2n) is 4.80. The van der Waals surface area contributed by atoms with Crippen molar-refractivity contribution in [2.45, 2.75) is 37.1 Å². The fourth-order valence-corrected chi connectivity index (χ4v) is 2.16. The molecule has 2 rings (SSSR count). The molecule has 0 aromatic heterocycles. The predicted octanol–water partition coefficient (Wildman–Crippen LogP) is -1.57. The average molecular weight is 275 g/mol. The summed E-state index contributed by atoms with van der Waals surface area (Å²) >= 11 is 0. The van der Waals surface area contributed by atoms with E-state index < -0.39 is 48.5 Å². The van der Waals surface area contributed by atoms with Crippen molar-refractivity contribution in [1.82, 2.24) is 4.90 Å². The number of carbonyl (C=O) groups excluding carboxylic acids is 2. The third-order valence-electron chi connectivity index (χ3n) is 3.27. The zero-order valence-electron chi connectivity index (χ0n) is 10.1. The second-order valence-corrected chi connectivity index (χ2v) is 4.80. The van der Waals surface area contributed by atoms with Gasteiger partial charge in [-0.15, -0.1) is 0 Å². The number of allylic oxidation sites excluding steroid dienone is 1. The number of aliphatic hydroxyl groups is 3. The van der Waals surface area contributed by atoms with Crippen LogP contribution >= 0.6 is 0 Å². The zero-order valence-corrected chi connectivity index (χ0v) is 10.1. The van der Waals surface area contributed by atoms with Crippen molar-refractivity contribution in [2.24, 2.45) is 0 Å². The van der Waals surface area contributed by atoms with Crippen LogP contribution in [0.3, 0.4) is 0 Å². The quantitative estimate of drug-likeness (QED) is 0.525. The van der Waals surface area contributed by atoms with E-state index in [9.17, 15) is 24.2 Å². The van der Waals surface area contributed by atoms with E-state index in [0.717, 1.165) is 24.1 Å². The minimum Gasteiger partial charge on any atom is -0.390 e. The van der Waals surface area contributed by atoms with Crippen LogP contribution in [0.1, 0.15) is 13.3 Å². The molecule has 4 atom stereocenters. The molecule has 0 spiro atoms. The molecule has 1 fully saturated rings. The van der Waals surface area contributed by atoms with E-state index in [2.05, 4.69) is 0 Å². The number of ether oxygens (including phenoxy) is 1. The molecule has 0 aliphatic carbocycles. The Balaban J connectivity index is 2.33. The highest BCUT2D eigenvalue weighted by Gasteiger charge is 2.64. The number of alkyl halides is 1. The first-order valence-corrected chi connectivity index (χ1v) is 5.62. The monoisotopic (exact) mass is 275 g/mol. The van der Waals surface area contributed by atoms with Crippen molar-refractivity contribution in [3.05, 3.63) is 12.3 Å². The summed E-state index contributed by atoms with van der Waals surface area (Å²) in [5, 5.41) is 28.7. The minimum atomic E-state index is -2.87. The Kier molecular flexibility index (Phi) is 3.21. The molecule has 1 saturated heterocycles. The van der Waals surface area contributed by atoms with Gasteiger partial charge in [-0.3, -0.25) is 14.5 Å². The molecular formula is C11H14FNO6. The maximum atomic E-state index is 14.0. The fraction of sp³-hybridized carbons (Fsp3) is 0.636. The van der Waals surface area contributed by atoms with Crippen molar-refractivity contribution >= 4 is 11.7 Å². The number of carbonyl (C=O) groups is 2. The van der Waals surface area contributed by atoms with Gasteiger partial charge in [0.15, 0.2) is 12.0 Å². The van der Waals surface area contributed by atoms with Crippen LogP contribution in [-0.4, -0.2) is 62.3 Å². The summed E-state index contributed by atoms with van der Waals surface area (Å²) in [5.74, 6) is -3.98. The standard InChI is InChI=1S/C11H14FNO6/c1-10(18)8(17)11(12,5-14)19-9(10)13-3-2-6(15)4-7(13)16/h2-3,8-9,14,17-18H,4-5H2,1H3/t8-,9+,10+,11+/m0/s1. The molecule has 3 N–H and O–H groups in total. The first kappa shape index (κ1) is 14.1. The molecule has 1 amide bonds. The van der Waals surface area contributed by atoms with Crippen LogP contribution in [-0.2, 0) is 14.3 Å². The van der Waals surface area contributed by atoms with Gasteiger partial charge in [-0.1, -0.05) is 0 Å². The molecule has 2 aliphatic rings. The molecule has 0 bridgehead atoms. The van der Waals surface area contributed by atoms with Crippen LogP contribution < -0.4 is 0 Å². The topological polar surface area (TPSA) is 107 Å². The summed E-state index contributed by atoms with van der Waals surface area (Å²) in [7, 11) is 0. The molecule has 0 unspecified atom stereocenters. The Bertz CT molecular complexity index is 450. The lowest BCUT2D eigenvalue weighted by Crippen LogP contribution is -2.54. The highest BCUT2D eigenvalue weighted by Crippen LogP contribution is 2.41. The first-order valence-electron chi connectivity index (χ1n) is 5.62. The predicted molar refractivity (Wildman–Crippen MR) is 58.0 cm³/mol. The lowest BCUT2D eigenvalue weighted by molar-refractivity contribution is -0.213. The van der Waals surface area contributed by atoms with Gasteiger partial charge in [-0.2, -0.15) is 0 Å². The van der Waals surface area contributed by atoms with E-state index in [1.54, 1.807) is 0 Å². The molecule has 7 nitrogen and oxygen atoms in total. The van der Waals surface area contributed by atoms with Gasteiger partial charge in [0.1, 0.15) is 18.3 Å². The van der Waals surface area contributed by atoms with Crippen molar-refractivity contribution in [2.75, 3.05) is 6.61 Å². The maximum absolute atomic E-state index is 14.0. The number of hydrogen-bond donors (Lipinski definition) is 3. The average Bonchev–Trinajstić information content (AvgIpc) is 2.51. The summed E-state index contributed by atoms with van der Waals surface area (Å²) in [4.78, 5) is 23.6. The molecule has 0 aromatic carbocycles. The lowest BCUT2D eigenvalue weighted by atomic mass is 9.94.